The summed E-state index contributed by atoms with van der Waals surface area (Å²) >= 11 is 0. The third-order valence-electron chi connectivity index (χ3n) is 3.24. The molecule has 1 aliphatic heterocycles. The van der Waals surface area contributed by atoms with Gasteiger partial charge in [-0.2, -0.15) is 4.31 Å². The summed E-state index contributed by atoms with van der Waals surface area (Å²) in [7, 11) is -3.87. The molecule has 1 aliphatic rings. The summed E-state index contributed by atoms with van der Waals surface area (Å²) in [4.78, 5) is -0.318. The largest absolute Gasteiger partial charge is 0.373 e. The Kier molecular flexibility index (Phi) is 4.43. The Morgan fingerprint density at radius 2 is 1.95 bits per heavy atom. The fourth-order valence-electron chi connectivity index (χ4n) is 2.34. The molecule has 0 spiro atoms. The quantitative estimate of drug-likeness (QED) is 0.907. The Morgan fingerprint density at radius 1 is 1.35 bits per heavy atom. The molecule has 0 amide bonds. The molecule has 112 valence electrons. The lowest BCUT2D eigenvalue weighted by molar-refractivity contribution is -0.0441. The maximum atomic E-state index is 13.9. The molecule has 0 saturated carbocycles. The molecule has 0 bridgehead atoms. The van der Waals surface area contributed by atoms with Crippen molar-refractivity contribution in [1.29, 1.82) is 0 Å². The monoisotopic (exact) mass is 302 g/mol. The standard InChI is InChI=1S/C13H19FN2O3S/c1-9-7-16(8-10(2)19-9)20(17,18)13-5-11(6-15)3-4-12(13)14/h3-5,9-10H,6-8,15H2,1-2H3/t9-,10+. The van der Waals surface area contributed by atoms with E-state index in [2.05, 4.69) is 0 Å². The molecule has 20 heavy (non-hydrogen) atoms. The summed E-state index contributed by atoms with van der Waals surface area (Å²) < 4.78 is 45.8. The van der Waals surface area contributed by atoms with Gasteiger partial charge in [-0.15, -0.1) is 0 Å². The number of halogens is 1. The van der Waals surface area contributed by atoms with Crippen LogP contribution < -0.4 is 5.73 Å². The predicted octanol–water partition coefficient (Wildman–Crippen LogP) is 1.08. The van der Waals surface area contributed by atoms with Crippen LogP contribution >= 0.6 is 0 Å². The number of benzene rings is 1. The van der Waals surface area contributed by atoms with Crippen LogP contribution in [0.15, 0.2) is 23.1 Å². The average molecular weight is 302 g/mol. The minimum absolute atomic E-state index is 0.165. The van der Waals surface area contributed by atoms with Gasteiger partial charge in [0, 0.05) is 19.6 Å². The van der Waals surface area contributed by atoms with Crippen LogP contribution in [0.5, 0.6) is 0 Å². The van der Waals surface area contributed by atoms with Gasteiger partial charge in [-0.25, -0.2) is 12.8 Å². The number of sulfonamides is 1. The van der Waals surface area contributed by atoms with Crippen LogP contribution in [0.2, 0.25) is 0 Å². The van der Waals surface area contributed by atoms with Crippen molar-refractivity contribution in [3.63, 3.8) is 0 Å². The maximum absolute atomic E-state index is 13.9. The third kappa shape index (κ3) is 3.01. The second kappa shape index (κ2) is 5.77. The van der Waals surface area contributed by atoms with Gasteiger partial charge in [0.1, 0.15) is 10.7 Å². The molecule has 1 aromatic rings. The molecule has 0 aromatic heterocycles. The van der Waals surface area contributed by atoms with E-state index in [0.717, 1.165) is 6.07 Å². The number of nitrogens with zero attached hydrogens (tertiary/aromatic N) is 1. The van der Waals surface area contributed by atoms with Gasteiger partial charge in [-0.1, -0.05) is 6.07 Å². The van der Waals surface area contributed by atoms with Gasteiger partial charge in [0.15, 0.2) is 0 Å². The Morgan fingerprint density at radius 3 is 2.50 bits per heavy atom. The van der Waals surface area contributed by atoms with E-state index < -0.39 is 15.8 Å². The van der Waals surface area contributed by atoms with Crippen molar-refractivity contribution >= 4 is 10.0 Å². The molecule has 1 saturated heterocycles. The zero-order valence-electron chi connectivity index (χ0n) is 11.5. The van der Waals surface area contributed by atoms with E-state index in [-0.39, 0.29) is 36.7 Å². The maximum Gasteiger partial charge on any atom is 0.246 e. The summed E-state index contributed by atoms with van der Waals surface area (Å²) in [5.41, 5.74) is 6.07. The highest BCUT2D eigenvalue weighted by atomic mass is 32.2. The highest BCUT2D eigenvalue weighted by Gasteiger charge is 2.33. The summed E-state index contributed by atoms with van der Waals surface area (Å²) in [6.07, 6.45) is -0.427. The zero-order valence-corrected chi connectivity index (χ0v) is 12.4. The number of rotatable bonds is 3. The van der Waals surface area contributed by atoms with Crippen LogP contribution in [0, 0.1) is 5.82 Å². The second-order valence-electron chi connectivity index (χ2n) is 5.05. The Labute approximate surface area is 118 Å². The first-order valence-corrected chi connectivity index (χ1v) is 7.92. The average Bonchev–Trinajstić information content (AvgIpc) is 2.38. The van der Waals surface area contributed by atoms with Crippen molar-refractivity contribution in [2.24, 2.45) is 5.73 Å². The second-order valence-corrected chi connectivity index (χ2v) is 6.95. The van der Waals surface area contributed by atoms with Gasteiger partial charge in [-0.05, 0) is 31.5 Å². The highest BCUT2D eigenvalue weighted by Crippen LogP contribution is 2.24. The SMILES string of the molecule is C[C@@H]1CN(S(=O)(=O)c2cc(CN)ccc2F)C[C@H](C)O1. The molecule has 1 fully saturated rings. The van der Waals surface area contributed by atoms with Crippen molar-refractivity contribution in [3.8, 4) is 0 Å². The van der Waals surface area contributed by atoms with E-state index in [0.29, 0.717) is 5.56 Å². The van der Waals surface area contributed by atoms with Crippen molar-refractivity contribution in [1.82, 2.24) is 4.31 Å². The van der Waals surface area contributed by atoms with Crippen LogP contribution in [0.25, 0.3) is 0 Å². The van der Waals surface area contributed by atoms with Crippen LogP contribution in [-0.2, 0) is 21.3 Å². The van der Waals surface area contributed by atoms with Gasteiger partial charge in [0.05, 0.1) is 12.2 Å². The molecule has 0 aliphatic carbocycles. The minimum atomic E-state index is -3.87. The molecule has 5 nitrogen and oxygen atoms in total. The van der Waals surface area contributed by atoms with Gasteiger partial charge in [0.2, 0.25) is 10.0 Å². The molecular formula is C13H19FN2O3S. The fraction of sp³-hybridized carbons (Fsp3) is 0.538. The summed E-state index contributed by atoms with van der Waals surface area (Å²) in [6, 6.07) is 3.93. The van der Waals surface area contributed by atoms with E-state index >= 15 is 0 Å². The number of ether oxygens (including phenoxy) is 1. The summed E-state index contributed by atoms with van der Waals surface area (Å²) in [5.74, 6) is -0.756. The van der Waals surface area contributed by atoms with Crippen molar-refractivity contribution in [3.05, 3.63) is 29.6 Å². The first-order valence-electron chi connectivity index (χ1n) is 6.48. The Balaban J connectivity index is 2.39. The Hall–Kier alpha value is -1.02. The third-order valence-corrected chi connectivity index (χ3v) is 5.08. The van der Waals surface area contributed by atoms with Crippen molar-refractivity contribution in [2.45, 2.75) is 37.5 Å². The molecule has 1 aromatic carbocycles. The van der Waals surface area contributed by atoms with Crippen LogP contribution in [0.1, 0.15) is 19.4 Å². The van der Waals surface area contributed by atoms with E-state index in [1.165, 1.54) is 16.4 Å². The van der Waals surface area contributed by atoms with Gasteiger partial charge >= 0.3 is 0 Å². The highest BCUT2D eigenvalue weighted by molar-refractivity contribution is 7.89. The number of hydrogen-bond acceptors (Lipinski definition) is 4. The molecule has 1 heterocycles. The molecule has 2 N–H and O–H groups in total. The lowest BCUT2D eigenvalue weighted by atomic mass is 10.2. The molecule has 7 heteroatoms. The van der Waals surface area contributed by atoms with E-state index in [1.54, 1.807) is 13.8 Å². The first-order chi connectivity index (χ1) is 9.34. The zero-order chi connectivity index (χ0) is 14.9. The molecular weight excluding hydrogens is 283 g/mol. The first kappa shape index (κ1) is 15.4. The van der Waals surface area contributed by atoms with E-state index in [4.69, 9.17) is 10.5 Å². The normalized spacial score (nSPS) is 24.8. The minimum Gasteiger partial charge on any atom is -0.373 e. The lowest BCUT2D eigenvalue weighted by Crippen LogP contribution is -2.48. The number of hydrogen-bond donors (Lipinski definition) is 1. The summed E-state index contributed by atoms with van der Waals surface area (Å²) in [6.45, 7) is 4.20. The van der Waals surface area contributed by atoms with Gasteiger partial charge in [-0.3, -0.25) is 0 Å². The molecule has 0 radical (unpaired) electrons. The summed E-state index contributed by atoms with van der Waals surface area (Å²) in [5, 5.41) is 0. The Bertz CT molecular complexity index is 581. The number of nitrogens with two attached hydrogens (primary N) is 1. The molecule has 2 atom stereocenters. The van der Waals surface area contributed by atoms with Crippen LogP contribution in [0.3, 0.4) is 0 Å². The fourth-order valence-corrected chi connectivity index (χ4v) is 4.04. The van der Waals surface area contributed by atoms with Crippen molar-refractivity contribution < 1.29 is 17.5 Å². The smallest absolute Gasteiger partial charge is 0.246 e. The topological polar surface area (TPSA) is 72.6 Å². The number of morpholine rings is 1. The van der Waals surface area contributed by atoms with Gasteiger partial charge < -0.3 is 10.5 Å². The van der Waals surface area contributed by atoms with Crippen molar-refractivity contribution in [2.75, 3.05) is 13.1 Å². The van der Waals surface area contributed by atoms with Crippen LogP contribution in [0.4, 0.5) is 4.39 Å². The lowest BCUT2D eigenvalue weighted by Gasteiger charge is -2.34. The van der Waals surface area contributed by atoms with E-state index in [9.17, 15) is 12.8 Å². The predicted molar refractivity (Wildman–Crippen MR) is 73.1 cm³/mol. The molecule has 0 unspecified atom stereocenters. The van der Waals surface area contributed by atoms with E-state index in [1.807, 2.05) is 0 Å². The van der Waals surface area contributed by atoms with Crippen LogP contribution in [-0.4, -0.2) is 38.0 Å². The van der Waals surface area contributed by atoms with Gasteiger partial charge in [0.25, 0.3) is 0 Å². The molecule has 2 rings (SSSR count).